The fourth-order valence-corrected chi connectivity index (χ4v) is 2.22. The minimum atomic E-state index is -0.348. The number of rotatable bonds is 3. The summed E-state index contributed by atoms with van der Waals surface area (Å²) >= 11 is 0. The first kappa shape index (κ1) is 13.8. The molecule has 0 unspecified atom stereocenters. The van der Waals surface area contributed by atoms with E-state index in [2.05, 4.69) is 21.8 Å². The summed E-state index contributed by atoms with van der Waals surface area (Å²) in [5, 5.41) is 0. The van der Waals surface area contributed by atoms with Crippen molar-refractivity contribution in [3.63, 3.8) is 0 Å². The Labute approximate surface area is 114 Å². The highest BCUT2D eigenvalue weighted by atomic mass is 16.5. The Morgan fingerprint density at radius 1 is 1.47 bits per heavy atom. The molecule has 0 aliphatic carbocycles. The minimum absolute atomic E-state index is 0.348. The fraction of sp³-hybridized carbons (Fsp3) is 0.643. The lowest BCUT2D eigenvalue weighted by atomic mass is 10.00. The van der Waals surface area contributed by atoms with Crippen LogP contribution in [0.4, 0.5) is 5.95 Å². The van der Waals surface area contributed by atoms with Gasteiger partial charge in [0.1, 0.15) is 0 Å². The molecule has 0 atom stereocenters. The molecule has 0 spiro atoms. The topological polar surface area (TPSA) is 55.3 Å². The maximum atomic E-state index is 11.7. The molecule has 5 heteroatoms. The molecule has 1 aliphatic heterocycles. The summed E-state index contributed by atoms with van der Waals surface area (Å²) in [6.07, 6.45) is 3.91. The monoisotopic (exact) mass is 263 g/mol. The number of ether oxygens (including phenoxy) is 1. The van der Waals surface area contributed by atoms with E-state index in [9.17, 15) is 4.79 Å². The van der Waals surface area contributed by atoms with Crippen molar-refractivity contribution in [2.75, 3.05) is 24.6 Å². The van der Waals surface area contributed by atoms with Gasteiger partial charge in [-0.2, -0.15) is 0 Å². The standard InChI is InChI=1S/C14H21N3O2/c1-4-19-13(18)12-9-15-14(16-11(12)3)17-7-5-10(2)6-8-17/h9-10H,4-8H2,1-3H3. The van der Waals surface area contributed by atoms with E-state index in [4.69, 9.17) is 4.74 Å². The van der Waals surface area contributed by atoms with Crippen LogP contribution in [0.5, 0.6) is 0 Å². The second kappa shape index (κ2) is 5.99. The number of nitrogens with zero attached hydrogens (tertiary/aromatic N) is 3. The van der Waals surface area contributed by atoms with Crippen LogP contribution in [0.15, 0.2) is 6.20 Å². The van der Waals surface area contributed by atoms with Gasteiger partial charge in [0.25, 0.3) is 0 Å². The Bertz CT molecular complexity index is 454. The minimum Gasteiger partial charge on any atom is -0.462 e. The maximum absolute atomic E-state index is 11.7. The van der Waals surface area contributed by atoms with Gasteiger partial charge >= 0.3 is 5.97 Å². The van der Waals surface area contributed by atoms with Gasteiger partial charge in [0.15, 0.2) is 0 Å². The zero-order valence-electron chi connectivity index (χ0n) is 11.8. The molecule has 19 heavy (non-hydrogen) atoms. The molecule has 2 rings (SSSR count). The number of hydrogen-bond acceptors (Lipinski definition) is 5. The first-order chi connectivity index (χ1) is 9.11. The SMILES string of the molecule is CCOC(=O)c1cnc(N2CCC(C)CC2)nc1C. The van der Waals surface area contributed by atoms with Crippen molar-refractivity contribution in [2.45, 2.75) is 33.6 Å². The summed E-state index contributed by atoms with van der Waals surface area (Å²) in [6, 6.07) is 0. The van der Waals surface area contributed by atoms with E-state index in [0.717, 1.165) is 25.0 Å². The van der Waals surface area contributed by atoms with Crippen LogP contribution in [0, 0.1) is 12.8 Å². The van der Waals surface area contributed by atoms with Crippen LogP contribution in [0.25, 0.3) is 0 Å². The summed E-state index contributed by atoms with van der Waals surface area (Å²) in [6.45, 7) is 8.22. The Hall–Kier alpha value is -1.65. The van der Waals surface area contributed by atoms with E-state index in [1.807, 2.05) is 6.92 Å². The van der Waals surface area contributed by atoms with Crippen molar-refractivity contribution in [3.8, 4) is 0 Å². The predicted octanol–water partition coefficient (Wildman–Crippen LogP) is 2.20. The molecule has 1 aromatic rings. The van der Waals surface area contributed by atoms with E-state index >= 15 is 0 Å². The van der Waals surface area contributed by atoms with Crippen molar-refractivity contribution >= 4 is 11.9 Å². The molecular formula is C14H21N3O2. The van der Waals surface area contributed by atoms with Crippen LogP contribution < -0.4 is 4.90 Å². The summed E-state index contributed by atoms with van der Waals surface area (Å²) in [5.74, 6) is 1.15. The number of piperidine rings is 1. The van der Waals surface area contributed by atoms with Crippen LogP contribution in [-0.2, 0) is 4.74 Å². The highest BCUT2D eigenvalue weighted by molar-refractivity contribution is 5.90. The third-order valence-electron chi connectivity index (χ3n) is 3.53. The second-order valence-corrected chi connectivity index (χ2v) is 5.06. The quantitative estimate of drug-likeness (QED) is 0.782. The summed E-state index contributed by atoms with van der Waals surface area (Å²) < 4.78 is 4.98. The third-order valence-corrected chi connectivity index (χ3v) is 3.53. The number of carbonyl (C=O) groups is 1. The number of aromatic nitrogens is 2. The zero-order chi connectivity index (χ0) is 13.8. The summed E-state index contributed by atoms with van der Waals surface area (Å²) in [4.78, 5) is 22.6. The van der Waals surface area contributed by atoms with Gasteiger partial charge in [-0.05, 0) is 32.6 Å². The van der Waals surface area contributed by atoms with Gasteiger partial charge in [0.05, 0.1) is 17.9 Å². The molecule has 1 saturated heterocycles. The van der Waals surface area contributed by atoms with E-state index in [1.54, 1.807) is 13.1 Å². The summed E-state index contributed by atoms with van der Waals surface area (Å²) in [5.41, 5.74) is 1.14. The van der Waals surface area contributed by atoms with Gasteiger partial charge in [-0.25, -0.2) is 14.8 Å². The average Bonchev–Trinajstić information content (AvgIpc) is 2.39. The third kappa shape index (κ3) is 3.22. The molecule has 0 N–H and O–H groups in total. The number of anilines is 1. The lowest BCUT2D eigenvalue weighted by Crippen LogP contribution is -2.34. The first-order valence-corrected chi connectivity index (χ1v) is 6.87. The molecule has 2 heterocycles. The van der Waals surface area contributed by atoms with Crippen molar-refractivity contribution in [1.29, 1.82) is 0 Å². The van der Waals surface area contributed by atoms with Crippen molar-refractivity contribution in [3.05, 3.63) is 17.5 Å². The number of esters is 1. The Balaban J connectivity index is 2.12. The highest BCUT2D eigenvalue weighted by Crippen LogP contribution is 2.20. The second-order valence-electron chi connectivity index (χ2n) is 5.06. The van der Waals surface area contributed by atoms with Crippen LogP contribution in [0.3, 0.4) is 0 Å². The van der Waals surface area contributed by atoms with Gasteiger partial charge in [0, 0.05) is 19.3 Å². The predicted molar refractivity (Wildman–Crippen MR) is 73.3 cm³/mol. The molecular weight excluding hydrogens is 242 g/mol. The first-order valence-electron chi connectivity index (χ1n) is 6.87. The zero-order valence-corrected chi connectivity index (χ0v) is 11.8. The van der Waals surface area contributed by atoms with Gasteiger partial charge in [-0.15, -0.1) is 0 Å². The largest absolute Gasteiger partial charge is 0.462 e. The van der Waals surface area contributed by atoms with Gasteiger partial charge in [-0.3, -0.25) is 0 Å². The average molecular weight is 263 g/mol. The Morgan fingerprint density at radius 3 is 2.74 bits per heavy atom. The van der Waals surface area contributed by atoms with Gasteiger partial charge in [-0.1, -0.05) is 6.92 Å². The van der Waals surface area contributed by atoms with Crippen LogP contribution in [0.2, 0.25) is 0 Å². The molecule has 1 fully saturated rings. The van der Waals surface area contributed by atoms with E-state index in [-0.39, 0.29) is 5.97 Å². The highest BCUT2D eigenvalue weighted by Gasteiger charge is 2.20. The van der Waals surface area contributed by atoms with Crippen LogP contribution in [-0.4, -0.2) is 35.6 Å². The van der Waals surface area contributed by atoms with E-state index < -0.39 is 0 Å². The number of aryl methyl sites for hydroxylation is 1. The lowest BCUT2D eigenvalue weighted by Gasteiger charge is -2.30. The van der Waals surface area contributed by atoms with Crippen molar-refractivity contribution < 1.29 is 9.53 Å². The van der Waals surface area contributed by atoms with Gasteiger partial charge < -0.3 is 9.64 Å². The molecule has 0 saturated carbocycles. The normalized spacial score (nSPS) is 16.5. The smallest absolute Gasteiger partial charge is 0.341 e. The number of carbonyl (C=O) groups excluding carboxylic acids is 1. The fourth-order valence-electron chi connectivity index (χ4n) is 2.22. The maximum Gasteiger partial charge on any atom is 0.341 e. The molecule has 5 nitrogen and oxygen atoms in total. The summed E-state index contributed by atoms with van der Waals surface area (Å²) in [7, 11) is 0. The Morgan fingerprint density at radius 2 is 2.16 bits per heavy atom. The van der Waals surface area contributed by atoms with Crippen LogP contribution in [0.1, 0.15) is 42.7 Å². The Kier molecular flexibility index (Phi) is 4.35. The lowest BCUT2D eigenvalue weighted by molar-refractivity contribution is 0.0524. The van der Waals surface area contributed by atoms with Gasteiger partial charge in [0.2, 0.25) is 5.95 Å². The van der Waals surface area contributed by atoms with E-state index in [1.165, 1.54) is 12.8 Å². The molecule has 1 aliphatic rings. The number of hydrogen-bond donors (Lipinski definition) is 0. The molecule has 0 bridgehead atoms. The van der Waals surface area contributed by atoms with Crippen molar-refractivity contribution in [1.82, 2.24) is 9.97 Å². The van der Waals surface area contributed by atoms with E-state index in [0.29, 0.717) is 17.9 Å². The van der Waals surface area contributed by atoms with Crippen molar-refractivity contribution in [2.24, 2.45) is 5.92 Å². The molecule has 0 aromatic carbocycles. The molecule has 1 aromatic heterocycles. The van der Waals surface area contributed by atoms with Crippen LogP contribution >= 0.6 is 0 Å². The molecule has 0 radical (unpaired) electrons. The molecule has 104 valence electrons. The molecule has 0 amide bonds.